The van der Waals surface area contributed by atoms with Crippen LogP contribution in [0.5, 0.6) is 5.75 Å². The van der Waals surface area contributed by atoms with Crippen LogP contribution < -0.4 is 10.2 Å². The van der Waals surface area contributed by atoms with Crippen LogP contribution in [0.25, 0.3) is 10.6 Å². The van der Waals surface area contributed by atoms with Crippen LogP contribution in [0.15, 0.2) is 35.4 Å². The zero-order chi connectivity index (χ0) is 26.9. The van der Waals surface area contributed by atoms with Gasteiger partial charge in [-0.05, 0) is 38.8 Å². The Kier molecular flexibility index (Phi) is 7.80. The maximum atomic E-state index is 14.2. The van der Waals surface area contributed by atoms with E-state index in [2.05, 4.69) is 4.98 Å². The van der Waals surface area contributed by atoms with Crippen LogP contribution in [0, 0.1) is 11.6 Å². The summed E-state index contributed by atoms with van der Waals surface area (Å²) in [5, 5.41) is 10.8. The zero-order valence-electron chi connectivity index (χ0n) is 21.4. The van der Waals surface area contributed by atoms with E-state index in [-0.39, 0.29) is 55.1 Å². The molecule has 0 aliphatic carbocycles. The largest absolute Gasteiger partial charge is 0.487 e. The molecule has 2 aromatic heterocycles. The van der Waals surface area contributed by atoms with Crippen molar-refractivity contribution in [2.24, 2.45) is 0 Å². The Morgan fingerprint density at radius 3 is 2.68 bits per heavy atom. The number of pyridine rings is 1. The molecule has 0 spiro atoms. The summed E-state index contributed by atoms with van der Waals surface area (Å²) in [5.41, 5.74) is -0.691. The van der Waals surface area contributed by atoms with Gasteiger partial charge in [-0.2, -0.15) is 0 Å². The van der Waals surface area contributed by atoms with Crippen molar-refractivity contribution in [3.8, 4) is 16.3 Å². The number of halogens is 2. The third kappa shape index (κ3) is 5.17. The molecule has 7 nitrogen and oxygen atoms in total. The average Bonchev–Trinajstić information content (AvgIpc) is 3.32. The number of unbranched alkanes of at least 4 members (excludes halogenated alkanes) is 1. The molecular weight excluding hydrogens is 500 g/mol. The lowest BCUT2D eigenvalue weighted by molar-refractivity contribution is 0.0345. The summed E-state index contributed by atoms with van der Waals surface area (Å²) in [6, 6.07) is 3.28. The maximum Gasteiger partial charge on any atom is 0.274 e. The Morgan fingerprint density at radius 1 is 1.27 bits per heavy atom. The van der Waals surface area contributed by atoms with Crippen LogP contribution >= 0.6 is 11.3 Å². The molecule has 1 atom stereocenters. The maximum absolute atomic E-state index is 14.2. The van der Waals surface area contributed by atoms with Gasteiger partial charge in [0.15, 0.2) is 11.4 Å². The van der Waals surface area contributed by atoms with Gasteiger partial charge in [0.2, 0.25) is 5.43 Å². The van der Waals surface area contributed by atoms with Crippen LogP contribution in [0.2, 0.25) is 0 Å². The summed E-state index contributed by atoms with van der Waals surface area (Å²) in [5.74, 6) is -1.69. The van der Waals surface area contributed by atoms with E-state index in [1.54, 1.807) is 21.9 Å². The number of hydrogen-bond donors (Lipinski definition) is 1. The quantitative estimate of drug-likeness (QED) is 0.409. The Hall–Kier alpha value is -3.11. The first-order valence-electron chi connectivity index (χ1n) is 12.3. The minimum absolute atomic E-state index is 0.0534. The summed E-state index contributed by atoms with van der Waals surface area (Å²) < 4.78 is 35.0. The monoisotopic (exact) mass is 531 g/mol. The number of aliphatic hydroxyl groups excluding tert-OH is 1. The first-order valence-corrected chi connectivity index (χ1v) is 13.1. The highest BCUT2D eigenvalue weighted by Gasteiger charge is 2.43. The molecule has 10 heteroatoms. The summed E-state index contributed by atoms with van der Waals surface area (Å²) >= 11 is 1.21. The molecule has 4 rings (SSSR count). The SMILES string of the molecule is CCCCOc1c2n(cc(-c3ncc(Cc4ccc(F)cc4F)s3)c1=O)C(C)(CO)CN(C(C)C)C2=O. The van der Waals surface area contributed by atoms with Gasteiger partial charge in [0.25, 0.3) is 5.91 Å². The molecule has 1 N–H and O–H groups in total. The van der Waals surface area contributed by atoms with Gasteiger partial charge in [0.05, 0.1) is 24.3 Å². The van der Waals surface area contributed by atoms with Crippen molar-refractivity contribution < 1.29 is 23.4 Å². The van der Waals surface area contributed by atoms with E-state index >= 15 is 0 Å². The molecule has 1 aliphatic rings. The van der Waals surface area contributed by atoms with Crippen molar-refractivity contribution in [2.75, 3.05) is 19.8 Å². The van der Waals surface area contributed by atoms with Crippen molar-refractivity contribution in [3.63, 3.8) is 0 Å². The fraction of sp³-hybridized carbons (Fsp3) is 0.444. The van der Waals surface area contributed by atoms with Gasteiger partial charge in [-0.1, -0.05) is 19.4 Å². The summed E-state index contributed by atoms with van der Waals surface area (Å²) in [4.78, 5) is 33.9. The van der Waals surface area contributed by atoms with Crippen molar-refractivity contribution >= 4 is 17.2 Å². The predicted octanol–water partition coefficient (Wildman–Crippen LogP) is 4.59. The minimum atomic E-state index is -0.893. The van der Waals surface area contributed by atoms with Crippen LogP contribution in [0.3, 0.4) is 0 Å². The fourth-order valence-corrected chi connectivity index (χ4v) is 5.33. The number of fused-ring (bicyclic) bond motifs is 1. The molecule has 3 heterocycles. The van der Waals surface area contributed by atoms with Crippen molar-refractivity contribution in [2.45, 2.75) is 58.5 Å². The summed E-state index contributed by atoms with van der Waals surface area (Å²) in [6.07, 6.45) is 4.86. The molecule has 1 amide bonds. The zero-order valence-corrected chi connectivity index (χ0v) is 22.2. The normalized spacial score (nSPS) is 17.4. The second-order valence-electron chi connectivity index (χ2n) is 9.85. The van der Waals surface area contributed by atoms with Crippen LogP contribution in [0.1, 0.15) is 61.5 Å². The highest BCUT2D eigenvalue weighted by molar-refractivity contribution is 7.15. The number of benzene rings is 1. The highest BCUT2D eigenvalue weighted by atomic mass is 32.1. The lowest BCUT2D eigenvalue weighted by Gasteiger charge is -2.44. The third-order valence-corrected chi connectivity index (χ3v) is 7.62. The van der Waals surface area contributed by atoms with Crippen LogP contribution in [-0.4, -0.2) is 51.3 Å². The number of thiazole rings is 1. The van der Waals surface area contributed by atoms with Gasteiger partial charge in [-0.3, -0.25) is 9.59 Å². The Labute approximate surface area is 218 Å². The van der Waals surface area contributed by atoms with E-state index in [1.807, 2.05) is 27.7 Å². The van der Waals surface area contributed by atoms with E-state index in [4.69, 9.17) is 4.74 Å². The lowest BCUT2D eigenvalue weighted by Crippen LogP contribution is -2.57. The molecule has 0 saturated carbocycles. The molecule has 1 unspecified atom stereocenters. The lowest BCUT2D eigenvalue weighted by atomic mass is 9.95. The number of carbonyl (C=O) groups is 1. The number of nitrogens with zero attached hydrogens (tertiary/aromatic N) is 3. The average molecular weight is 532 g/mol. The van der Waals surface area contributed by atoms with Crippen molar-refractivity contribution in [1.29, 1.82) is 0 Å². The van der Waals surface area contributed by atoms with Crippen LogP contribution in [0.4, 0.5) is 8.78 Å². The molecule has 0 bridgehead atoms. The Morgan fingerprint density at radius 2 is 2.03 bits per heavy atom. The molecule has 0 fully saturated rings. The van der Waals surface area contributed by atoms with E-state index in [0.29, 0.717) is 21.9 Å². The van der Waals surface area contributed by atoms with E-state index < -0.39 is 22.6 Å². The molecule has 37 heavy (non-hydrogen) atoms. The Balaban J connectivity index is 1.83. The van der Waals surface area contributed by atoms with Gasteiger partial charge < -0.3 is 19.3 Å². The number of amides is 1. The van der Waals surface area contributed by atoms with Gasteiger partial charge >= 0.3 is 0 Å². The number of ether oxygens (including phenoxy) is 1. The smallest absolute Gasteiger partial charge is 0.274 e. The molecular formula is C27H31F2N3O4S. The minimum Gasteiger partial charge on any atom is -0.487 e. The van der Waals surface area contributed by atoms with Crippen molar-refractivity contribution in [3.05, 3.63) is 68.6 Å². The fourth-order valence-electron chi connectivity index (χ4n) is 4.38. The molecule has 0 radical (unpaired) electrons. The second-order valence-corrected chi connectivity index (χ2v) is 11.0. The highest BCUT2D eigenvalue weighted by Crippen LogP contribution is 2.35. The van der Waals surface area contributed by atoms with Gasteiger partial charge in [0, 0.05) is 42.3 Å². The molecule has 1 aromatic carbocycles. The standard InChI is InChI=1S/C27H31F2N3O4S/c1-5-6-9-36-24-22-26(35)31(16(2)3)14-27(4,15-33)32(22)13-20(23(24)34)25-30-12-19(37-25)10-17-7-8-18(28)11-21(17)29/h7-8,11-13,16,33H,5-6,9-10,14-15H2,1-4H3. The van der Waals surface area contributed by atoms with E-state index in [9.17, 15) is 23.5 Å². The van der Waals surface area contributed by atoms with Crippen molar-refractivity contribution in [1.82, 2.24) is 14.5 Å². The van der Waals surface area contributed by atoms with Gasteiger partial charge in [-0.15, -0.1) is 11.3 Å². The van der Waals surface area contributed by atoms with Gasteiger partial charge in [-0.25, -0.2) is 13.8 Å². The summed E-state index contributed by atoms with van der Waals surface area (Å²) in [7, 11) is 0. The third-order valence-electron chi connectivity index (χ3n) is 6.59. The predicted molar refractivity (Wildman–Crippen MR) is 138 cm³/mol. The molecule has 198 valence electrons. The number of aromatic nitrogens is 2. The number of rotatable bonds is 9. The molecule has 1 aliphatic heterocycles. The number of aliphatic hydroxyl groups is 1. The second kappa shape index (κ2) is 10.7. The molecule has 0 saturated heterocycles. The van der Waals surface area contributed by atoms with E-state index in [0.717, 1.165) is 12.5 Å². The topological polar surface area (TPSA) is 84.7 Å². The Bertz CT molecular complexity index is 1370. The first-order chi connectivity index (χ1) is 17.6. The van der Waals surface area contributed by atoms with Gasteiger partial charge in [0.1, 0.15) is 16.6 Å². The molecule has 3 aromatic rings. The number of hydrogen-bond acceptors (Lipinski definition) is 6. The van der Waals surface area contributed by atoms with E-state index in [1.165, 1.54) is 23.5 Å². The summed E-state index contributed by atoms with van der Waals surface area (Å²) in [6.45, 7) is 7.86. The van der Waals surface area contributed by atoms with Crippen LogP contribution in [-0.2, 0) is 12.0 Å². The number of carbonyl (C=O) groups excluding carboxylic acids is 1. The first kappa shape index (κ1) is 26.9.